The van der Waals surface area contributed by atoms with Crippen LogP contribution in [0, 0.1) is 0 Å². The summed E-state index contributed by atoms with van der Waals surface area (Å²) in [5.74, 6) is 1.67. The van der Waals surface area contributed by atoms with Crippen LogP contribution in [0.1, 0.15) is 18.6 Å². The van der Waals surface area contributed by atoms with Crippen molar-refractivity contribution in [1.82, 2.24) is 15.3 Å². The number of nitrogens with one attached hydrogen (secondary N) is 1. The average molecular weight is 329 g/mol. The number of nitrogens with zero attached hydrogens (tertiary/aromatic N) is 3. The summed E-state index contributed by atoms with van der Waals surface area (Å²) in [6, 6.07) is 5.92. The zero-order valence-electron chi connectivity index (χ0n) is 11.5. The molecule has 5 nitrogen and oxygen atoms in total. The van der Waals surface area contributed by atoms with Crippen LogP contribution in [0.2, 0.25) is 5.22 Å². The first-order valence-electron chi connectivity index (χ1n) is 6.81. The molecule has 7 heteroatoms. The van der Waals surface area contributed by atoms with E-state index in [2.05, 4.69) is 20.2 Å². The third kappa shape index (κ3) is 4.33. The molecule has 114 valence electrons. The molecule has 0 aliphatic carbocycles. The van der Waals surface area contributed by atoms with Crippen molar-refractivity contribution in [3.8, 4) is 0 Å². The highest BCUT2D eigenvalue weighted by atomic mass is 35.5. The van der Waals surface area contributed by atoms with Crippen molar-refractivity contribution in [3.05, 3.63) is 41.6 Å². The molecule has 0 saturated carbocycles. The van der Waals surface area contributed by atoms with Crippen molar-refractivity contribution in [2.45, 2.75) is 25.4 Å². The van der Waals surface area contributed by atoms with E-state index in [0.29, 0.717) is 17.8 Å². The van der Waals surface area contributed by atoms with E-state index in [0.717, 1.165) is 37.6 Å². The fourth-order valence-corrected chi connectivity index (χ4v) is 2.63. The number of rotatable bonds is 4. The van der Waals surface area contributed by atoms with Crippen LogP contribution in [0.15, 0.2) is 35.0 Å². The average Bonchev–Trinajstić information content (AvgIpc) is 2.92. The minimum Gasteiger partial charge on any atom is -0.448 e. The molecule has 3 rings (SSSR count). The molecule has 0 bridgehead atoms. The number of hydrogen-bond donors (Lipinski definition) is 1. The Hall–Kier alpha value is -1.30. The van der Waals surface area contributed by atoms with Gasteiger partial charge in [0, 0.05) is 31.5 Å². The molecule has 0 amide bonds. The summed E-state index contributed by atoms with van der Waals surface area (Å²) < 4.78 is 5.35. The predicted molar refractivity (Wildman–Crippen MR) is 85.1 cm³/mol. The second-order valence-corrected chi connectivity index (χ2v) is 5.29. The van der Waals surface area contributed by atoms with Crippen LogP contribution >= 0.6 is 24.0 Å². The van der Waals surface area contributed by atoms with Gasteiger partial charge in [-0.15, -0.1) is 12.4 Å². The zero-order valence-corrected chi connectivity index (χ0v) is 13.1. The number of hydrogen-bond acceptors (Lipinski definition) is 5. The van der Waals surface area contributed by atoms with Gasteiger partial charge in [-0.2, -0.15) is 0 Å². The second-order valence-electron chi connectivity index (χ2n) is 4.92. The smallest absolute Gasteiger partial charge is 0.225 e. The third-order valence-electron chi connectivity index (χ3n) is 3.45. The minimum absolute atomic E-state index is 0. The van der Waals surface area contributed by atoms with Gasteiger partial charge in [0.1, 0.15) is 5.76 Å². The van der Waals surface area contributed by atoms with Gasteiger partial charge in [-0.3, -0.25) is 0 Å². The van der Waals surface area contributed by atoms with E-state index >= 15 is 0 Å². The van der Waals surface area contributed by atoms with Crippen molar-refractivity contribution in [2.75, 3.05) is 18.0 Å². The summed E-state index contributed by atoms with van der Waals surface area (Å²) in [6.07, 6.45) is 5.85. The summed E-state index contributed by atoms with van der Waals surface area (Å²) in [5, 5.41) is 3.94. The lowest BCUT2D eigenvalue weighted by Crippen LogP contribution is -2.46. The Morgan fingerprint density at radius 1 is 1.33 bits per heavy atom. The summed E-state index contributed by atoms with van der Waals surface area (Å²) >= 11 is 5.77. The lowest BCUT2D eigenvalue weighted by molar-refractivity contribution is 0.393. The van der Waals surface area contributed by atoms with E-state index in [9.17, 15) is 0 Å². The van der Waals surface area contributed by atoms with Crippen molar-refractivity contribution in [1.29, 1.82) is 0 Å². The molecule has 0 spiro atoms. The standard InChI is InChI=1S/C14H17ClN4O.ClH/c15-13-5-4-12(20-13)9-18-11-3-1-8-19(10-11)14-16-6-2-7-17-14;/h2,4-7,11,18H,1,3,8-10H2;1H. The molecule has 21 heavy (non-hydrogen) atoms. The van der Waals surface area contributed by atoms with Crippen LogP contribution in [0.4, 0.5) is 5.95 Å². The Morgan fingerprint density at radius 3 is 2.86 bits per heavy atom. The van der Waals surface area contributed by atoms with E-state index in [1.807, 2.05) is 12.1 Å². The largest absolute Gasteiger partial charge is 0.448 e. The SMILES string of the molecule is Cl.Clc1ccc(CNC2CCCN(c3ncccn3)C2)o1. The number of furan rings is 1. The van der Waals surface area contributed by atoms with Gasteiger partial charge in [0.25, 0.3) is 0 Å². The fourth-order valence-electron chi connectivity index (χ4n) is 2.47. The van der Waals surface area contributed by atoms with Crippen molar-refractivity contribution in [3.63, 3.8) is 0 Å². The topological polar surface area (TPSA) is 54.2 Å². The van der Waals surface area contributed by atoms with Crippen molar-refractivity contribution >= 4 is 30.0 Å². The van der Waals surface area contributed by atoms with Crippen LogP contribution in [-0.4, -0.2) is 29.1 Å². The van der Waals surface area contributed by atoms with Gasteiger partial charge >= 0.3 is 0 Å². The van der Waals surface area contributed by atoms with E-state index in [1.165, 1.54) is 0 Å². The van der Waals surface area contributed by atoms with Crippen molar-refractivity contribution in [2.24, 2.45) is 0 Å². The summed E-state index contributed by atoms with van der Waals surface area (Å²) in [5.41, 5.74) is 0. The summed E-state index contributed by atoms with van der Waals surface area (Å²) in [6.45, 7) is 2.62. The number of halogens is 2. The molecule has 1 aliphatic heterocycles. The monoisotopic (exact) mass is 328 g/mol. The van der Waals surface area contributed by atoms with Gasteiger partial charge < -0.3 is 14.6 Å². The molecule has 2 aromatic heterocycles. The highest BCUT2D eigenvalue weighted by molar-refractivity contribution is 6.28. The molecule has 1 aliphatic rings. The third-order valence-corrected chi connectivity index (χ3v) is 3.65. The van der Waals surface area contributed by atoms with Gasteiger partial charge in [-0.05, 0) is 42.6 Å². The molecular weight excluding hydrogens is 311 g/mol. The molecule has 2 aromatic rings. The molecule has 3 heterocycles. The van der Waals surface area contributed by atoms with E-state index < -0.39 is 0 Å². The number of piperidine rings is 1. The van der Waals surface area contributed by atoms with Gasteiger partial charge in [0.2, 0.25) is 5.95 Å². The first-order valence-corrected chi connectivity index (χ1v) is 7.18. The Balaban J connectivity index is 0.00000161. The van der Waals surface area contributed by atoms with Gasteiger partial charge in [0.05, 0.1) is 6.54 Å². The lowest BCUT2D eigenvalue weighted by Gasteiger charge is -2.33. The van der Waals surface area contributed by atoms with Crippen LogP contribution < -0.4 is 10.2 Å². The fraction of sp³-hybridized carbons (Fsp3) is 0.429. The Kier molecular flexibility index (Phi) is 5.85. The highest BCUT2D eigenvalue weighted by Gasteiger charge is 2.21. The molecule has 1 atom stereocenters. The van der Waals surface area contributed by atoms with Crippen LogP contribution in [0.5, 0.6) is 0 Å². The molecule has 1 saturated heterocycles. The highest BCUT2D eigenvalue weighted by Crippen LogP contribution is 2.17. The molecule has 0 radical (unpaired) electrons. The van der Waals surface area contributed by atoms with Gasteiger partial charge in [-0.25, -0.2) is 9.97 Å². The second kappa shape index (κ2) is 7.64. The van der Waals surface area contributed by atoms with Crippen LogP contribution in [0.25, 0.3) is 0 Å². The maximum Gasteiger partial charge on any atom is 0.225 e. The summed E-state index contributed by atoms with van der Waals surface area (Å²) in [4.78, 5) is 10.8. The predicted octanol–water partition coefficient (Wildman–Crippen LogP) is 2.90. The maximum atomic E-state index is 5.77. The number of anilines is 1. The molecule has 0 aromatic carbocycles. The molecule has 1 unspecified atom stereocenters. The summed E-state index contributed by atoms with van der Waals surface area (Å²) in [7, 11) is 0. The first kappa shape index (κ1) is 16.1. The Bertz CT molecular complexity index is 549. The first-order chi connectivity index (χ1) is 9.81. The minimum atomic E-state index is 0. The zero-order chi connectivity index (χ0) is 13.8. The quantitative estimate of drug-likeness (QED) is 0.935. The molecule has 1 N–H and O–H groups in total. The van der Waals surface area contributed by atoms with Crippen LogP contribution in [0.3, 0.4) is 0 Å². The van der Waals surface area contributed by atoms with E-state index in [4.69, 9.17) is 16.0 Å². The van der Waals surface area contributed by atoms with E-state index in [-0.39, 0.29) is 12.4 Å². The Morgan fingerprint density at radius 2 is 2.14 bits per heavy atom. The number of aromatic nitrogens is 2. The maximum absolute atomic E-state index is 5.77. The van der Waals surface area contributed by atoms with Crippen molar-refractivity contribution < 1.29 is 4.42 Å². The van der Waals surface area contributed by atoms with Crippen LogP contribution in [-0.2, 0) is 6.54 Å². The normalized spacial score (nSPS) is 18.3. The molecule has 1 fully saturated rings. The Labute approximate surface area is 135 Å². The van der Waals surface area contributed by atoms with Gasteiger partial charge in [-0.1, -0.05) is 0 Å². The van der Waals surface area contributed by atoms with Gasteiger partial charge in [0.15, 0.2) is 5.22 Å². The van der Waals surface area contributed by atoms with E-state index in [1.54, 1.807) is 18.5 Å². The molecular formula is C14H18Cl2N4O. The lowest BCUT2D eigenvalue weighted by atomic mass is 10.1.